The van der Waals surface area contributed by atoms with Gasteiger partial charge in [-0.15, -0.1) is 0 Å². The number of nitrogen functional groups attached to an aromatic ring is 1. The maximum absolute atomic E-state index is 14.1. The average molecular weight is 840 g/mol. The highest BCUT2D eigenvalue weighted by molar-refractivity contribution is 6.34. The van der Waals surface area contributed by atoms with Gasteiger partial charge in [-0.05, 0) is 36.8 Å². The van der Waals surface area contributed by atoms with E-state index in [1.165, 1.54) is 48.1 Å². The third kappa shape index (κ3) is 9.21. The van der Waals surface area contributed by atoms with Gasteiger partial charge in [0.15, 0.2) is 17.3 Å². The van der Waals surface area contributed by atoms with Gasteiger partial charge in [-0.2, -0.15) is 18.3 Å². The highest BCUT2D eigenvalue weighted by atomic mass is 35.5. The van der Waals surface area contributed by atoms with Crippen molar-refractivity contribution in [2.45, 2.75) is 31.9 Å². The number of aliphatic carboxylic acids is 1. The summed E-state index contributed by atoms with van der Waals surface area (Å²) < 4.78 is 45.3. The Hall–Kier alpha value is -5.53. The number of piperidine rings is 1. The first-order valence-electron chi connectivity index (χ1n) is 19.5. The summed E-state index contributed by atoms with van der Waals surface area (Å²) in [7, 11) is 1.40. The second-order valence-electron chi connectivity index (χ2n) is 15.5. The summed E-state index contributed by atoms with van der Waals surface area (Å²) in [5, 5.41) is 20.8. The van der Waals surface area contributed by atoms with E-state index in [0.717, 1.165) is 73.7 Å². The van der Waals surface area contributed by atoms with Crippen molar-refractivity contribution in [2.75, 3.05) is 76.5 Å². The fourth-order valence-corrected chi connectivity index (χ4v) is 8.51. The highest BCUT2D eigenvalue weighted by Gasteiger charge is 2.41. The van der Waals surface area contributed by atoms with Gasteiger partial charge < -0.3 is 45.1 Å². The van der Waals surface area contributed by atoms with Gasteiger partial charge >= 0.3 is 6.18 Å². The molecular formula is C39H45ClF3N11O5. The number of alkyl halides is 3. The van der Waals surface area contributed by atoms with Crippen molar-refractivity contribution in [1.29, 1.82) is 0 Å². The second kappa shape index (κ2) is 17.0. The molecule has 0 bridgehead atoms. The lowest BCUT2D eigenvalue weighted by molar-refractivity contribution is -0.936. The van der Waals surface area contributed by atoms with Gasteiger partial charge in [-0.25, -0.2) is 14.6 Å². The molecule has 0 atom stereocenters. The lowest BCUT2D eigenvalue weighted by atomic mass is 9.90. The van der Waals surface area contributed by atoms with Gasteiger partial charge in [0.2, 0.25) is 5.91 Å². The first-order chi connectivity index (χ1) is 28.1. The summed E-state index contributed by atoms with van der Waals surface area (Å²) in [6.07, 6.45) is 0.815. The van der Waals surface area contributed by atoms with Crippen LogP contribution in [0.25, 0.3) is 17.1 Å². The molecule has 16 nitrogen and oxygen atoms in total. The number of anilines is 2. The Labute approximate surface area is 342 Å². The van der Waals surface area contributed by atoms with Crippen LogP contribution in [0.1, 0.15) is 52.4 Å². The number of likely N-dealkylation sites (tertiary alicyclic amines) is 1. The molecule has 0 spiro atoms. The number of halogens is 4. The van der Waals surface area contributed by atoms with Crippen LogP contribution in [-0.2, 0) is 22.8 Å². The van der Waals surface area contributed by atoms with Gasteiger partial charge in [-0.1, -0.05) is 11.6 Å². The number of carboxylic acids is 1. The fourth-order valence-electron chi connectivity index (χ4n) is 8.25. The van der Waals surface area contributed by atoms with E-state index in [1.54, 1.807) is 4.90 Å². The Bertz CT molecular complexity index is 2210. The largest absolute Gasteiger partial charge is 0.550 e. The Morgan fingerprint density at radius 2 is 1.73 bits per heavy atom. The minimum atomic E-state index is -4.83. The highest BCUT2D eigenvalue weighted by Crippen LogP contribution is 2.37. The molecule has 0 unspecified atom stereocenters. The van der Waals surface area contributed by atoms with Crippen molar-refractivity contribution in [2.24, 2.45) is 18.9 Å². The number of amides is 3. The summed E-state index contributed by atoms with van der Waals surface area (Å²) in [5.74, 6) is -1.66. The summed E-state index contributed by atoms with van der Waals surface area (Å²) >= 11 is 6.56. The van der Waals surface area contributed by atoms with Crippen LogP contribution >= 0.6 is 11.6 Å². The van der Waals surface area contributed by atoms with E-state index in [2.05, 4.69) is 25.7 Å². The van der Waals surface area contributed by atoms with Crippen molar-refractivity contribution in [1.82, 2.24) is 39.4 Å². The molecule has 0 saturated carbocycles. The van der Waals surface area contributed by atoms with Crippen LogP contribution < -0.4 is 21.5 Å². The van der Waals surface area contributed by atoms with Crippen LogP contribution in [-0.4, -0.2) is 128 Å². The first kappa shape index (κ1) is 41.6. The van der Waals surface area contributed by atoms with Gasteiger partial charge in [-0.3, -0.25) is 14.4 Å². The number of carbonyl (C=O) groups is 4. The maximum Gasteiger partial charge on any atom is 0.435 e. The number of pyridine rings is 1. The predicted molar refractivity (Wildman–Crippen MR) is 208 cm³/mol. The normalized spacial score (nSPS) is 20.0. The number of piperazine rings is 1. The summed E-state index contributed by atoms with van der Waals surface area (Å²) in [4.78, 5) is 63.1. The van der Waals surface area contributed by atoms with Crippen LogP contribution in [0, 0.1) is 11.8 Å². The number of nitrogens with two attached hydrogens (primary N) is 1. The lowest BCUT2D eigenvalue weighted by Crippen LogP contribution is -2.61. The number of carbonyl (C=O) groups excluding carboxylic acids is 4. The number of hydrogen-bond acceptors (Lipinski definition) is 10. The number of imidazole rings is 1. The van der Waals surface area contributed by atoms with Crippen molar-refractivity contribution in [3.05, 3.63) is 71.0 Å². The minimum Gasteiger partial charge on any atom is -0.550 e. The quantitative estimate of drug-likeness (QED) is 0.178. The van der Waals surface area contributed by atoms with Crippen LogP contribution in [0.4, 0.5) is 24.5 Å². The van der Waals surface area contributed by atoms with E-state index in [1.807, 2.05) is 4.90 Å². The van der Waals surface area contributed by atoms with E-state index in [0.29, 0.717) is 44.2 Å². The molecule has 20 heteroatoms. The fraction of sp³-hybridized carbons (Fsp3) is 0.462. The molecule has 3 aliphatic rings. The number of aromatic nitrogens is 5. The molecule has 4 aromatic rings. The zero-order valence-corrected chi connectivity index (χ0v) is 33.1. The molecule has 0 radical (unpaired) electrons. The van der Waals surface area contributed by atoms with Gasteiger partial charge in [0.05, 0.1) is 66.1 Å². The summed E-state index contributed by atoms with van der Waals surface area (Å²) in [6, 6.07) is 7.29. The van der Waals surface area contributed by atoms with Crippen molar-refractivity contribution in [3.63, 3.8) is 0 Å². The molecule has 3 fully saturated rings. The number of hydrogen-bond donors (Lipinski definition) is 3. The van der Waals surface area contributed by atoms with E-state index in [-0.39, 0.29) is 63.3 Å². The molecule has 3 aliphatic heterocycles. The van der Waals surface area contributed by atoms with Crippen LogP contribution in [0.3, 0.4) is 0 Å². The molecule has 59 heavy (non-hydrogen) atoms. The topological polar surface area (TPSA) is 196 Å². The Morgan fingerprint density at radius 3 is 2.34 bits per heavy atom. The van der Waals surface area contributed by atoms with Crippen LogP contribution in [0.15, 0.2) is 48.9 Å². The third-order valence-corrected chi connectivity index (χ3v) is 11.9. The van der Waals surface area contributed by atoms with Gasteiger partial charge in [0.1, 0.15) is 0 Å². The molecule has 3 saturated heterocycles. The Balaban J connectivity index is 0.942. The number of quaternary nitrogens is 1. The molecule has 6 heterocycles. The van der Waals surface area contributed by atoms with Crippen LogP contribution in [0.2, 0.25) is 5.02 Å². The zero-order valence-electron chi connectivity index (χ0n) is 32.4. The standard InChI is InChI=1S/C39H45ClF3N11O5/c1-50-31(29-22-53(49-34(29)39(41,42)43)32-7-4-26(44)20-46-32)21-47-35(50)36(57)48-27-5-6-28(30(40)17-27)38(59)52-12-10-51(11-13-52)37(58)25-8-15-54(16-9-25,14-2-3-33(55)56)23-24-18-45-19-24/h4-7,17,20-22,24-25,45H,2-3,8-16,18-19,23,44H2,1H3,(H-,48,55,56,57,59). The predicted octanol–water partition coefficient (Wildman–Crippen LogP) is 2.44. The summed E-state index contributed by atoms with van der Waals surface area (Å²) in [6.45, 7) is 6.72. The zero-order chi connectivity index (χ0) is 42.1. The van der Waals surface area contributed by atoms with Gasteiger partial charge in [0.25, 0.3) is 11.8 Å². The van der Waals surface area contributed by atoms with Crippen molar-refractivity contribution < 1.29 is 41.9 Å². The third-order valence-electron chi connectivity index (χ3n) is 11.6. The van der Waals surface area contributed by atoms with E-state index < -0.39 is 23.7 Å². The molecule has 3 aromatic heterocycles. The monoisotopic (exact) mass is 839 g/mol. The van der Waals surface area contributed by atoms with E-state index in [4.69, 9.17) is 17.3 Å². The maximum atomic E-state index is 14.1. The number of nitrogens with zero attached hydrogens (tertiary/aromatic N) is 8. The molecule has 3 amide bonds. The number of rotatable bonds is 12. The van der Waals surface area contributed by atoms with E-state index >= 15 is 0 Å². The smallest absolute Gasteiger partial charge is 0.435 e. The molecule has 314 valence electrons. The average Bonchev–Trinajstić information content (AvgIpc) is 3.81. The molecule has 4 N–H and O–H groups in total. The van der Waals surface area contributed by atoms with Gasteiger partial charge in [0, 0.05) is 95.3 Å². The molecule has 1 aromatic carbocycles. The summed E-state index contributed by atoms with van der Waals surface area (Å²) in [5.41, 5.74) is 4.88. The Kier molecular flexibility index (Phi) is 12.0. The SMILES string of the molecule is Cn1c(-c2cn(-c3ccc(N)cn3)nc2C(F)(F)F)cnc1C(=O)Nc1ccc(C(=O)N2CCN(C(=O)C3CC[N+](CCCC(=O)[O-])(CC4CNC4)CC3)CC2)c(Cl)c1. The first-order valence-corrected chi connectivity index (χ1v) is 19.8. The number of carboxylic acid groups (broad SMARTS) is 1. The molecule has 7 rings (SSSR count). The van der Waals surface area contributed by atoms with Crippen molar-refractivity contribution >= 4 is 46.7 Å². The lowest BCUT2D eigenvalue weighted by Gasteiger charge is -2.47. The molecular weight excluding hydrogens is 795 g/mol. The molecule has 0 aliphatic carbocycles. The number of benzene rings is 1. The second-order valence-corrected chi connectivity index (χ2v) is 16.0. The Morgan fingerprint density at radius 1 is 1.02 bits per heavy atom. The number of nitrogens with one attached hydrogen (secondary N) is 2. The van der Waals surface area contributed by atoms with Crippen LogP contribution in [0.5, 0.6) is 0 Å². The minimum absolute atomic E-state index is 0.0229. The van der Waals surface area contributed by atoms with E-state index in [9.17, 15) is 37.5 Å². The van der Waals surface area contributed by atoms with Crippen molar-refractivity contribution in [3.8, 4) is 17.1 Å².